The second-order valence-corrected chi connectivity index (χ2v) is 6.09. The van der Waals surface area contributed by atoms with Gasteiger partial charge in [-0.15, -0.1) is 5.10 Å². The number of hydrogen-bond acceptors (Lipinski definition) is 7. The van der Waals surface area contributed by atoms with Crippen LogP contribution in [0, 0.1) is 0 Å². The molecule has 0 amide bonds. The lowest BCUT2D eigenvalue weighted by Gasteiger charge is -2.04. The number of nitrogens with zero attached hydrogens (tertiary/aromatic N) is 4. The number of hydrazone groups is 1. The standard InChI is InChI=1S/C17H18N6OS/c1-12(14-4-3-5-15(10-14)24-2)20-21-16-19-17(23-22-16)25-11-13-6-8-18-9-7-13/h3-10H,11H2,1-2H3,(H2,19,21,22,23)/b20-12+. The monoisotopic (exact) mass is 354 g/mol. The predicted molar refractivity (Wildman–Crippen MR) is 99.0 cm³/mol. The molecule has 0 saturated heterocycles. The quantitative estimate of drug-likeness (QED) is 0.384. The van der Waals surface area contributed by atoms with Crippen molar-refractivity contribution < 1.29 is 4.74 Å². The molecule has 3 rings (SSSR count). The Morgan fingerprint density at radius 2 is 2.12 bits per heavy atom. The van der Waals surface area contributed by atoms with Crippen LogP contribution in [0.25, 0.3) is 0 Å². The van der Waals surface area contributed by atoms with Crippen molar-refractivity contribution in [3.8, 4) is 5.75 Å². The van der Waals surface area contributed by atoms with Crippen molar-refractivity contribution >= 4 is 23.4 Å². The van der Waals surface area contributed by atoms with Gasteiger partial charge in [-0.2, -0.15) is 10.1 Å². The Hall–Kier alpha value is -2.87. The van der Waals surface area contributed by atoms with Crippen molar-refractivity contribution in [1.29, 1.82) is 0 Å². The summed E-state index contributed by atoms with van der Waals surface area (Å²) in [7, 11) is 1.64. The van der Waals surface area contributed by atoms with Crippen LogP contribution in [-0.4, -0.2) is 33.0 Å². The van der Waals surface area contributed by atoms with Gasteiger partial charge in [-0.05, 0) is 36.8 Å². The Morgan fingerprint density at radius 3 is 2.92 bits per heavy atom. The highest BCUT2D eigenvalue weighted by molar-refractivity contribution is 7.98. The van der Waals surface area contributed by atoms with Gasteiger partial charge in [0.2, 0.25) is 11.1 Å². The molecule has 3 aromatic rings. The minimum absolute atomic E-state index is 0.500. The van der Waals surface area contributed by atoms with E-state index in [1.807, 2.05) is 43.3 Å². The summed E-state index contributed by atoms with van der Waals surface area (Å²) in [5.74, 6) is 2.08. The third kappa shape index (κ3) is 4.80. The van der Waals surface area contributed by atoms with Gasteiger partial charge < -0.3 is 4.74 Å². The fourth-order valence-electron chi connectivity index (χ4n) is 2.04. The van der Waals surface area contributed by atoms with Crippen LogP contribution >= 0.6 is 11.8 Å². The van der Waals surface area contributed by atoms with Gasteiger partial charge in [0.1, 0.15) is 5.75 Å². The minimum Gasteiger partial charge on any atom is -0.497 e. The molecule has 0 atom stereocenters. The van der Waals surface area contributed by atoms with Crippen molar-refractivity contribution in [2.45, 2.75) is 17.8 Å². The smallest absolute Gasteiger partial charge is 0.240 e. The van der Waals surface area contributed by atoms with Crippen LogP contribution < -0.4 is 10.2 Å². The topological polar surface area (TPSA) is 88.1 Å². The van der Waals surface area contributed by atoms with E-state index >= 15 is 0 Å². The van der Waals surface area contributed by atoms with E-state index in [0.29, 0.717) is 11.1 Å². The Kier molecular flexibility index (Phi) is 5.63. The van der Waals surface area contributed by atoms with E-state index < -0.39 is 0 Å². The van der Waals surface area contributed by atoms with Crippen LogP contribution in [0.4, 0.5) is 5.95 Å². The summed E-state index contributed by atoms with van der Waals surface area (Å²) < 4.78 is 5.22. The van der Waals surface area contributed by atoms with Crippen LogP contribution in [-0.2, 0) is 5.75 Å². The molecular weight excluding hydrogens is 336 g/mol. The largest absolute Gasteiger partial charge is 0.497 e. The molecule has 1 aromatic carbocycles. The van der Waals surface area contributed by atoms with Gasteiger partial charge in [0, 0.05) is 23.7 Å². The fourth-order valence-corrected chi connectivity index (χ4v) is 2.79. The van der Waals surface area contributed by atoms with Gasteiger partial charge in [0.25, 0.3) is 0 Å². The van der Waals surface area contributed by atoms with E-state index in [2.05, 4.69) is 30.7 Å². The van der Waals surface area contributed by atoms with Gasteiger partial charge in [-0.25, -0.2) is 10.5 Å². The first kappa shape index (κ1) is 17.0. The summed E-state index contributed by atoms with van der Waals surface area (Å²) in [5.41, 5.74) is 5.86. The zero-order valence-electron chi connectivity index (χ0n) is 13.9. The number of H-pyrrole nitrogens is 1. The number of methoxy groups -OCH3 is 1. The molecule has 0 aliphatic heterocycles. The van der Waals surface area contributed by atoms with E-state index in [0.717, 1.165) is 22.8 Å². The molecule has 0 unspecified atom stereocenters. The lowest BCUT2D eigenvalue weighted by Crippen LogP contribution is -2.01. The molecule has 0 bridgehead atoms. The highest BCUT2D eigenvalue weighted by Gasteiger charge is 2.05. The van der Waals surface area contributed by atoms with Crippen molar-refractivity contribution in [2.24, 2.45) is 5.10 Å². The molecule has 0 saturated carbocycles. The molecule has 7 nitrogen and oxygen atoms in total. The molecular formula is C17H18N6OS. The molecule has 0 fully saturated rings. The van der Waals surface area contributed by atoms with Crippen LogP contribution in [0.15, 0.2) is 59.0 Å². The Bertz CT molecular complexity index is 849. The van der Waals surface area contributed by atoms with Crippen LogP contribution in [0.1, 0.15) is 18.1 Å². The highest BCUT2D eigenvalue weighted by atomic mass is 32.2. The van der Waals surface area contributed by atoms with Crippen LogP contribution in [0.5, 0.6) is 5.75 Å². The zero-order chi connectivity index (χ0) is 17.5. The summed E-state index contributed by atoms with van der Waals surface area (Å²) in [6, 6.07) is 11.7. The molecule has 0 aliphatic carbocycles. The van der Waals surface area contributed by atoms with Gasteiger partial charge in [0.05, 0.1) is 12.8 Å². The summed E-state index contributed by atoms with van der Waals surface area (Å²) >= 11 is 1.54. The number of rotatable bonds is 7. The number of anilines is 1. The molecule has 0 spiro atoms. The Labute approximate surface area is 149 Å². The molecule has 2 aromatic heterocycles. The maximum atomic E-state index is 5.22. The predicted octanol–water partition coefficient (Wildman–Crippen LogP) is 3.34. The van der Waals surface area contributed by atoms with E-state index in [1.165, 1.54) is 5.56 Å². The molecule has 25 heavy (non-hydrogen) atoms. The molecule has 0 radical (unpaired) electrons. The third-order valence-electron chi connectivity index (χ3n) is 3.40. The maximum Gasteiger partial charge on any atom is 0.240 e. The summed E-state index contributed by atoms with van der Waals surface area (Å²) in [6.07, 6.45) is 3.55. The summed E-state index contributed by atoms with van der Waals surface area (Å²) in [4.78, 5) is 8.36. The maximum absolute atomic E-state index is 5.22. The SMILES string of the molecule is COc1cccc(/C(C)=N/Nc2nc(SCc3ccncc3)n[nH]2)c1. The number of aromatic nitrogens is 4. The fraction of sp³-hybridized carbons (Fsp3) is 0.176. The first-order valence-electron chi connectivity index (χ1n) is 7.63. The molecule has 2 heterocycles. The number of ether oxygens (including phenoxy) is 1. The van der Waals surface area contributed by atoms with E-state index in [4.69, 9.17) is 4.74 Å². The number of benzene rings is 1. The van der Waals surface area contributed by atoms with Crippen molar-refractivity contribution in [3.63, 3.8) is 0 Å². The molecule has 0 aliphatic rings. The summed E-state index contributed by atoms with van der Waals surface area (Å²) in [6.45, 7) is 1.91. The number of aromatic amines is 1. The average molecular weight is 354 g/mol. The first-order chi connectivity index (χ1) is 12.2. The second kappa shape index (κ2) is 8.29. The number of hydrogen-bond donors (Lipinski definition) is 2. The second-order valence-electron chi connectivity index (χ2n) is 5.15. The highest BCUT2D eigenvalue weighted by Crippen LogP contribution is 2.19. The van der Waals surface area contributed by atoms with Gasteiger partial charge in [-0.3, -0.25) is 4.98 Å². The van der Waals surface area contributed by atoms with E-state index in [1.54, 1.807) is 31.3 Å². The lowest BCUT2D eigenvalue weighted by molar-refractivity contribution is 0.414. The molecule has 8 heteroatoms. The molecule has 2 N–H and O–H groups in total. The summed E-state index contributed by atoms with van der Waals surface area (Å²) in [5, 5.41) is 12.0. The van der Waals surface area contributed by atoms with Crippen LogP contribution in [0.2, 0.25) is 0 Å². The third-order valence-corrected chi connectivity index (χ3v) is 4.32. The first-order valence-corrected chi connectivity index (χ1v) is 8.62. The van der Waals surface area contributed by atoms with Crippen molar-refractivity contribution in [2.75, 3.05) is 12.5 Å². The van der Waals surface area contributed by atoms with Crippen molar-refractivity contribution in [3.05, 3.63) is 59.9 Å². The zero-order valence-corrected chi connectivity index (χ0v) is 14.7. The Morgan fingerprint density at radius 1 is 1.28 bits per heavy atom. The normalized spacial score (nSPS) is 11.4. The number of thioether (sulfide) groups is 1. The number of pyridine rings is 1. The van der Waals surface area contributed by atoms with E-state index in [-0.39, 0.29) is 0 Å². The minimum atomic E-state index is 0.500. The van der Waals surface area contributed by atoms with Crippen molar-refractivity contribution in [1.82, 2.24) is 20.2 Å². The van der Waals surface area contributed by atoms with Gasteiger partial charge >= 0.3 is 0 Å². The van der Waals surface area contributed by atoms with Gasteiger partial charge in [-0.1, -0.05) is 23.9 Å². The number of nitrogens with one attached hydrogen (secondary N) is 2. The van der Waals surface area contributed by atoms with E-state index in [9.17, 15) is 0 Å². The Balaban J connectivity index is 1.59. The average Bonchev–Trinajstić information content (AvgIpc) is 3.13. The van der Waals surface area contributed by atoms with Gasteiger partial charge in [0.15, 0.2) is 0 Å². The van der Waals surface area contributed by atoms with Crippen LogP contribution in [0.3, 0.4) is 0 Å². The molecule has 128 valence electrons. The lowest BCUT2D eigenvalue weighted by atomic mass is 10.1.